The van der Waals surface area contributed by atoms with Crippen LogP contribution in [0, 0.1) is 5.82 Å². The van der Waals surface area contributed by atoms with Gasteiger partial charge in [0.05, 0.1) is 6.10 Å². The highest BCUT2D eigenvalue weighted by atomic mass is 19.1. The van der Waals surface area contributed by atoms with Crippen molar-refractivity contribution in [1.29, 1.82) is 0 Å². The molecule has 0 saturated heterocycles. The molecule has 1 aromatic carbocycles. The summed E-state index contributed by atoms with van der Waals surface area (Å²) < 4.78 is 18.6. The number of hydrogen-bond donors (Lipinski definition) is 2. The number of rotatable bonds is 6. The number of carbonyl (C=O) groups excluding carboxylic acids is 1. The van der Waals surface area contributed by atoms with Crippen molar-refractivity contribution in [2.45, 2.75) is 44.8 Å². The Morgan fingerprint density at radius 3 is 2.76 bits per heavy atom. The molecule has 0 aliphatic heterocycles. The highest BCUT2D eigenvalue weighted by Gasteiger charge is 2.21. The van der Waals surface area contributed by atoms with Crippen LogP contribution in [-0.4, -0.2) is 31.2 Å². The van der Waals surface area contributed by atoms with Crippen LogP contribution in [0.2, 0.25) is 0 Å². The Morgan fingerprint density at radius 1 is 1.33 bits per heavy atom. The lowest BCUT2D eigenvalue weighted by Crippen LogP contribution is -2.36. The maximum atomic E-state index is 13.0. The number of carbonyl (C=O) groups is 1. The summed E-state index contributed by atoms with van der Waals surface area (Å²) in [5.74, 6) is -0.607. The highest BCUT2D eigenvalue weighted by Crippen LogP contribution is 2.21. The average molecular weight is 294 g/mol. The molecule has 21 heavy (non-hydrogen) atoms. The molecule has 1 aliphatic carbocycles. The zero-order chi connectivity index (χ0) is 15.1. The fourth-order valence-corrected chi connectivity index (χ4v) is 2.68. The Kier molecular flexibility index (Phi) is 6.14. The number of anilines is 1. The summed E-state index contributed by atoms with van der Waals surface area (Å²) in [6.45, 7) is 3.12. The summed E-state index contributed by atoms with van der Waals surface area (Å²) in [5.41, 5.74) is 0.458. The number of benzene rings is 1. The molecule has 0 spiro atoms. The third-order valence-electron chi connectivity index (χ3n) is 3.73. The van der Waals surface area contributed by atoms with Gasteiger partial charge in [-0.2, -0.15) is 0 Å². The normalized spacial score (nSPS) is 22.0. The van der Waals surface area contributed by atoms with Crippen LogP contribution in [0.25, 0.3) is 0 Å². The van der Waals surface area contributed by atoms with Gasteiger partial charge in [-0.1, -0.05) is 13.0 Å². The van der Waals surface area contributed by atoms with E-state index in [9.17, 15) is 9.18 Å². The predicted octanol–water partition coefficient (Wildman–Crippen LogP) is 2.70. The first-order chi connectivity index (χ1) is 10.2. The largest absolute Gasteiger partial charge is 0.368 e. The van der Waals surface area contributed by atoms with E-state index in [0.717, 1.165) is 32.2 Å². The third kappa shape index (κ3) is 5.44. The van der Waals surface area contributed by atoms with E-state index in [2.05, 4.69) is 17.6 Å². The molecule has 1 saturated carbocycles. The van der Waals surface area contributed by atoms with E-state index in [0.29, 0.717) is 11.7 Å². The average Bonchev–Trinajstić information content (AvgIpc) is 2.47. The summed E-state index contributed by atoms with van der Waals surface area (Å²) in [6.07, 6.45) is 4.28. The minimum atomic E-state index is -0.365. The predicted molar refractivity (Wildman–Crippen MR) is 80.7 cm³/mol. The molecular weight excluding hydrogens is 271 g/mol. The van der Waals surface area contributed by atoms with Gasteiger partial charge in [0.2, 0.25) is 5.91 Å². The summed E-state index contributed by atoms with van der Waals surface area (Å²) in [6, 6.07) is 6.43. The van der Waals surface area contributed by atoms with Crippen molar-refractivity contribution in [3.63, 3.8) is 0 Å². The lowest BCUT2D eigenvalue weighted by molar-refractivity contribution is -0.123. The molecule has 116 valence electrons. The van der Waals surface area contributed by atoms with Crippen LogP contribution in [0.3, 0.4) is 0 Å². The molecule has 0 radical (unpaired) electrons. The molecule has 1 amide bonds. The molecule has 0 heterocycles. The Bertz CT molecular complexity index is 459. The molecule has 1 aliphatic rings. The van der Waals surface area contributed by atoms with E-state index < -0.39 is 0 Å². The van der Waals surface area contributed by atoms with Gasteiger partial charge in [-0.25, -0.2) is 4.39 Å². The van der Waals surface area contributed by atoms with E-state index in [1.165, 1.54) is 12.1 Å². The van der Waals surface area contributed by atoms with Gasteiger partial charge >= 0.3 is 0 Å². The van der Waals surface area contributed by atoms with Crippen molar-refractivity contribution in [2.24, 2.45) is 0 Å². The van der Waals surface area contributed by atoms with E-state index in [4.69, 9.17) is 4.74 Å². The van der Waals surface area contributed by atoms with Crippen molar-refractivity contribution in [1.82, 2.24) is 5.32 Å². The highest BCUT2D eigenvalue weighted by molar-refractivity contribution is 5.91. The van der Waals surface area contributed by atoms with Gasteiger partial charge in [-0.15, -0.1) is 0 Å². The van der Waals surface area contributed by atoms with Crippen LogP contribution >= 0.6 is 0 Å². The second kappa shape index (κ2) is 8.10. The van der Waals surface area contributed by atoms with E-state index in [-0.39, 0.29) is 24.4 Å². The Morgan fingerprint density at radius 2 is 2.10 bits per heavy atom. The minimum Gasteiger partial charge on any atom is -0.368 e. The van der Waals surface area contributed by atoms with Crippen molar-refractivity contribution in [3.05, 3.63) is 30.1 Å². The number of amides is 1. The van der Waals surface area contributed by atoms with Crippen LogP contribution in [0.15, 0.2) is 24.3 Å². The summed E-state index contributed by atoms with van der Waals surface area (Å²) in [5, 5.41) is 6.07. The van der Waals surface area contributed by atoms with Gasteiger partial charge in [0.15, 0.2) is 0 Å². The van der Waals surface area contributed by atoms with Gasteiger partial charge in [-0.3, -0.25) is 4.79 Å². The van der Waals surface area contributed by atoms with Crippen molar-refractivity contribution in [2.75, 3.05) is 18.5 Å². The maximum Gasteiger partial charge on any atom is 0.250 e. The molecule has 2 rings (SSSR count). The van der Waals surface area contributed by atoms with Gasteiger partial charge < -0.3 is 15.4 Å². The molecule has 1 fully saturated rings. The first kappa shape index (κ1) is 15.9. The first-order valence-electron chi connectivity index (χ1n) is 7.57. The topological polar surface area (TPSA) is 50.4 Å². The summed E-state index contributed by atoms with van der Waals surface area (Å²) in [4.78, 5) is 11.8. The molecule has 2 N–H and O–H groups in total. The molecule has 4 nitrogen and oxygen atoms in total. The van der Waals surface area contributed by atoms with Crippen LogP contribution in [0.5, 0.6) is 0 Å². The van der Waals surface area contributed by atoms with E-state index >= 15 is 0 Å². The monoisotopic (exact) mass is 294 g/mol. The van der Waals surface area contributed by atoms with Gasteiger partial charge in [-0.05, 0) is 50.4 Å². The zero-order valence-electron chi connectivity index (χ0n) is 12.4. The fourth-order valence-electron chi connectivity index (χ4n) is 2.68. The summed E-state index contributed by atoms with van der Waals surface area (Å²) >= 11 is 0. The second-order valence-corrected chi connectivity index (χ2v) is 5.40. The number of nitrogens with one attached hydrogen (secondary N) is 2. The van der Waals surface area contributed by atoms with Crippen molar-refractivity contribution < 1.29 is 13.9 Å². The maximum absolute atomic E-state index is 13.0. The second-order valence-electron chi connectivity index (χ2n) is 5.40. The molecule has 5 heteroatoms. The minimum absolute atomic E-state index is 0.0209. The Labute approximate surface area is 125 Å². The van der Waals surface area contributed by atoms with Crippen LogP contribution in [0.1, 0.15) is 32.6 Å². The van der Waals surface area contributed by atoms with Crippen molar-refractivity contribution >= 4 is 11.6 Å². The Balaban J connectivity index is 1.68. The zero-order valence-corrected chi connectivity index (χ0v) is 12.4. The molecular formula is C16H23FN2O2. The number of halogens is 1. The molecule has 0 atom stereocenters. The van der Waals surface area contributed by atoms with E-state index in [1.807, 2.05) is 0 Å². The number of hydrogen-bond acceptors (Lipinski definition) is 3. The van der Waals surface area contributed by atoms with Gasteiger partial charge in [0, 0.05) is 11.7 Å². The van der Waals surface area contributed by atoms with Crippen LogP contribution < -0.4 is 10.6 Å². The first-order valence-corrected chi connectivity index (χ1v) is 7.57. The van der Waals surface area contributed by atoms with Gasteiger partial charge in [0.1, 0.15) is 12.4 Å². The van der Waals surface area contributed by atoms with Gasteiger partial charge in [0.25, 0.3) is 0 Å². The van der Waals surface area contributed by atoms with Crippen LogP contribution in [-0.2, 0) is 9.53 Å². The number of ether oxygens (including phenoxy) is 1. The lowest BCUT2D eigenvalue weighted by Gasteiger charge is -2.28. The standard InChI is InChI=1S/C16H23FN2O2/c1-2-18-13-6-8-15(9-7-13)21-11-16(20)19-14-5-3-4-12(17)10-14/h3-5,10,13,15,18H,2,6-9,11H2,1H3,(H,19,20). The van der Waals surface area contributed by atoms with E-state index in [1.54, 1.807) is 12.1 Å². The SMILES string of the molecule is CCNC1CCC(OCC(=O)Nc2cccc(F)c2)CC1. The molecule has 0 bridgehead atoms. The lowest BCUT2D eigenvalue weighted by atomic mass is 9.93. The fraction of sp³-hybridized carbons (Fsp3) is 0.562. The summed E-state index contributed by atoms with van der Waals surface area (Å²) in [7, 11) is 0. The smallest absolute Gasteiger partial charge is 0.250 e. The third-order valence-corrected chi connectivity index (χ3v) is 3.73. The van der Waals surface area contributed by atoms with Crippen LogP contribution in [0.4, 0.5) is 10.1 Å². The van der Waals surface area contributed by atoms with Crippen molar-refractivity contribution in [3.8, 4) is 0 Å². The quantitative estimate of drug-likeness (QED) is 0.848. The molecule has 0 unspecified atom stereocenters. The molecule has 1 aromatic rings. The molecule has 0 aromatic heterocycles. The Hall–Kier alpha value is -1.46.